The van der Waals surface area contributed by atoms with Crippen LogP contribution in [0.3, 0.4) is 0 Å². The molecule has 0 aromatic heterocycles. The zero-order chi connectivity index (χ0) is 18.8. The minimum absolute atomic E-state index is 0.298. The van der Waals surface area contributed by atoms with E-state index in [2.05, 4.69) is 43.3 Å². The minimum atomic E-state index is 0.298. The number of hydrogen-bond donors (Lipinski definition) is 1. The lowest BCUT2D eigenvalue weighted by molar-refractivity contribution is 0.415. The van der Waals surface area contributed by atoms with Crippen molar-refractivity contribution in [1.29, 1.82) is 0 Å². The summed E-state index contributed by atoms with van der Waals surface area (Å²) in [6.07, 6.45) is 3.55. The van der Waals surface area contributed by atoms with E-state index in [-0.39, 0.29) is 0 Å². The Morgan fingerprint density at radius 3 is 2.41 bits per heavy atom. The molecule has 0 spiro atoms. The fraction of sp³-hybridized carbons (Fsp3) is 0.200. The summed E-state index contributed by atoms with van der Waals surface area (Å²) in [6.45, 7) is 2.22. The van der Waals surface area contributed by atoms with Crippen molar-refractivity contribution in [2.75, 3.05) is 7.11 Å². The average Bonchev–Trinajstić information content (AvgIpc) is 2.71. The van der Waals surface area contributed by atoms with Gasteiger partial charge in [0.2, 0.25) is 0 Å². The Balaban J connectivity index is 1.83. The van der Waals surface area contributed by atoms with Crippen LogP contribution in [0.1, 0.15) is 25.3 Å². The van der Waals surface area contributed by atoms with E-state index in [1.54, 1.807) is 13.2 Å². The standard InChI is InChI=1S/C25H24O2/c1-3-4-5-17-6-7-19-15-21(9-8-18(19)14-17)25-23-12-11-22(27-2)16-20(23)10-13-24(25)26/h6-16,26H,3-5H2,1-2H3. The second-order valence-electron chi connectivity index (χ2n) is 7.05. The Hall–Kier alpha value is -3.00. The third kappa shape index (κ3) is 3.35. The molecule has 0 heterocycles. The zero-order valence-electron chi connectivity index (χ0n) is 15.8. The monoisotopic (exact) mass is 356 g/mol. The van der Waals surface area contributed by atoms with Gasteiger partial charge in [-0.2, -0.15) is 0 Å². The van der Waals surface area contributed by atoms with Crippen LogP contribution in [0.5, 0.6) is 11.5 Å². The van der Waals surface area contributed by atoms with E-state index < -0.39 is 0 Å². The lowest BCUT2D eigenvalue weighted by Crippen LogP contribution is -1.88. The molecule has 0 saturated carbocycles. The second kappa shape index (κ2) is 7.32. The van der Waals surface area contributed by atoms with Gasteiger partial charge >= 0.3 is 0 Å². The number of fused-ring (bicyclic) bond motifs is 2. The van der Waals surface area contributed by atoms with E-state index >= 15 is 0 Å². The van der Waals surface area contributed by atoms with Gasteiger partial charge in [-0.25, -0.2) is 0 Å². The van der Waals surface area contributed by atoms with Crippen LogP contribution in [-0.2, 0) is 6.42 Å². The molecule has 1 N–H and O–H groups in total. The average molecular weight is 356 g/mol. The number of ether oxygens (including phenoxy) is 1. The highest BCUT2D eigenvalue weighted by atomic mass is 16.5. The Morgan fingerprint density at radius 2 is 1.59 bits per heavy atom. The van der Waals surface area contributed by atoms with E-state index in [9.17, 15) is 5.11 Å². The van der Waals surface area contributed by atoms with Crippen LogP contribution in [-0.4, -0.2) is 12.2 Å². The molecule has 0 bridgehead atoms. The molecule has 4 rings (SSSR count). The van der Waals surface area contributed by atoms with Crippen molar-refractivity contribution < 1.29 is 9.84 Å². The molecular formula is C25H24O2. The largest absolute Gasteiger partial charge is 0.507 e. The number of aromatic hydroxyl groups is 1. The number of phenolic OH excluding ortho intramolecular Hbond substituents is 1. The highest BCUT2D eigenvalue weighted by Crippen LogP contribution is 2.38. The SMILES string of the molecule is CCCCc1ccc2cc(-c3c(O)ccc4cc(OC)ccc34)ccc2c1. The van der Waals surface area contributed by atoms with Gasteiger partial charge in [0.15, 0.2) is 0 Å². The van der Waals surface area contributed by atoms with Gasteiger partial charge in [0.1, 0.15) is 11.5 Å². The van der Waals surface area contributed by atoms with Crippen LogP contribution < -0.4 is 4.74 Å². The lowest BCUT2D eigenvalue weighted by atomic mass is 9.94. The highest BCUT2D eigenvalue weighted by Gasteiger charge is 2.11. The summed E-state index contributed by atoms with van der Waals surface area (Å²) in [6, 6.07) is 22.7. The van der Waals surface area contributed by atoms with Crippen molar-refractivity contribution >= 4 is 21.5 Å². The predicted octanol–water partition coefficient (Wildman–Crippen LogP) is 6.72. The number of rotatable bonds is 5. The molecule has 27 heavy (non-hydrogen) atoms. The molecule has 0 atom stereocenters. The second-order valence-corrected chi connectivity index (χ2v) is 7.05. The highest BCUT2D eigenvalue weighted by molar-refractivity contribution is 6.02. The summed E-state index contributed by atoms with van der Waals surface area (Å²) in [4.78, 5) is 0. The number of unbranched alkanes of at least 4 members (excludes halogenated alkanes) is 1. The van der Waals surface area contributed by atoms with E-state index in [4.69, 9.17) is 4.74 Å². The maximum absolute atomic E-state index is 10.6. The summed E-state index contributed by atoms with van der Waals surface area (Å²) in [5.41, 5.74) is 3.28. The maximum Gasteiger partial charge on any atom is 0.124 e. The fourth-order valence-electron chi connectivity index (χ4n) is 3.71. The van der Waals surface area contributed by atoms with Crippen molar-refractivity contribution in [2.45, 2.75) is 26.2 Å². The van der Waals surface area contributed by atoms with Gasteiger partial charge in [0, 0.05) is 5.56 Å². The molecule has 0 unspecified atom stereocenters. The van der Waals surface area contributed by atoms with E-state index in [0.717, 1.165) is 34.1 Å². The molecule has 0 radical (unpaired) electrons. The van der Waals surface area contributed by atoms with Crippen molar-refractivity contribution in [2.24, 2.45) is 0 Å². The summed E-state index contributed by atoms with van der Waals surface area (Å²) >= 11 is 0. The van der Waals surface area contributed by atoms with Gasteiger partial charge in [-0.05, 0) is 75.8 Å². The Morgan fingerprint density at radius 1 is 0.815 bits per heavy atom. The number of methoxy groups -OCH3 is 1. The quantitative estimate of drug-likeness (QED) is 0.430. The Bertz CT molecular complexity index is 1110. The van der Waals surface area contributed by atoms with Gasteiger partial charge in [-0.15, -0.1) is 0 Å². The van der Waals surface area contributed by atoms with Gasteiger partial charge in [-0.1, -0.05) is 49.7 Å². The van der Waals surface area contributed by atoms with E-state index in [1.807, 2.05) is 24.3 Å². The van der Waals surface area contributed by atoms with Crippen LogP contribution in [0.4, 0.5) is 0 Å². The van der Waals surface area contributed by atoms with Gasteiger partial charge in [-0.3, -0.25) is 0 Å². The first-order chi connectivity index (χ1) is 13.2. The molecule has 0 aliphatic rings. The van der Waals surface area contributed by atoms with Crippen molar-refractivity contribution in [1.82, 2.24) is 0 Å². The first-order valence-corrected chi connectivity index (χ1v) is 9.52. The summed E-state index contributed by atoms with van der Waals surface area (Å²) in [5, 5.41) is 15.1. The molecule has 0 saturated heterocycles. The first-order valence-electron chi connectivity index (χ1n) is 9.52. The maximum atomic E-state index is 10.6. The summed E-state index contributed by atoms with van der Waals surface area (Å²) < 4.78 is 5.33. The third-order valence-electron chi connectivity index (χ3n) is 5.22. The zero-order valence-corrected chi connectivity index (χ0v) is 15.8. The molecule has 2 heteroatoms. The van der Waals surface area contributed by atoms with Crippen molar-refractivity contribution in [3.8, 4) is 22.6 Å². The predicted molar refractivity (Wildman–Crippen MR) is 114 cm³/mol. The smallest absolute Gasteiger partial charge is 0.124 e. The van der Waals surface area contributed by atoms with Crippen molar-refractivity contribution in [3.05, 3.63) is 72.3 Å². The Kier molecular flexibility index (Phi) is 4.72. The Labute approximate surface area is 160 Å². The van der Waals surface area contributed by atoms with Crippen LogP contribution >= 0.6 is 0 Å². The summed E-state index contributed by atoms with van der Waals surface area (Å²) in [7, 11) is 1.67. The van der Waals surface area contributed by atoms with Gasteiger partial charge < -0.3 is 9.84 Å². The van der Waals surface area contributed by atoms with Crippen LogP contribution in [0, 0.1) is 0 Å². The third-order valence-corrected chi connectivity index (χ3v) is 5.22. The molecular weight excluding hydrogens is 332 g/mol. The molecule has 0 fully saturated rings. The molecule has 0 aliphatic heterocycles. The molecule has 0 aliphatic carbocycles. The van der Waals surface area contributed by atoms with Gasteiger partial charge in [0.25, 0.3) is 0 Å². The molecule has 2 nitrogen and oxygen atoms in total. The molecule has 136 valence electrons. The van der Waals surface area contributed by atoms with Gasteiger partial charge in [0.05, 0.1) is 7.11 Å². The normalized spacial score (nSPS) is 11.2. The van der Waals surface area contributed by atoms with E-state index in [0.29, 0.717) is 5.75 Å². The first kappa shape index (κ1) is 17.4. The number of phenols is 1. The number of hydrogen-bond acceptors (Lipinski definition) is 2. The van der Waals surface area contributed by atoms with Crippen molar-refractivity contribution in [3.63, 3.8) is 0 Å². The topological polar surface area (TPSA) is 29.5 Å². The molecule has 4 aromatic carbocycles. The van der Waals surface area contributed by atoms with Crippen LogP contribution in [0.25, 0.3) is 32.7 Å². The minimum Gasteiger partial charge on any atom is -0.507 e. The lowest BCUT2D eigenvalue weighted by Gasteiger charge is -2.12. The number of aryl methyl sites for hydroxylation is 1. The van der Waals surface area contributed by atoms with Crippen LogP contribution in [0.2, 0.25) is 0 Å². The summed E-state index contributed by atoms with van der Waals surface area (Å²) in [5.74, 6) is 1.11. The van der Waals surface area contributed by atoms with E-state index in [1.165, 1.54) is 29.2 Å². The number of benzene rings is 4. The fourth-order valence-corrected chi connectivity index (χ4v) is 3.71. The molecule has 0 amide bonds. The van der Waals surface area contributed by atoms with Crippen LogP contribution in [0.15, 0.2) is 66.7 Å². The molecule has 4 aromatic rings.